The highest BCUT2D eigenvalue weighted by Gasteiger charge is 2.31. The molecule has 0 bridgehead atoms. The first-order valence-electron chi connectivity index (χ1n) is 4.85. The molecule has 2 nitrogen and oxygen atoms in total. The second-order valence-electron chi connectivity index (χ2n) is 3.70. The average Bonchev–Trinajstić information content (AvgIpc) is 2.11. The van der Waals surface area contributed by atoms with Crippen molar-refractivity contribution >= 4 is 5.82 Å². The minimum absolute atomic E-state index is 0.293. The third-order valence-corrected chi connectivity index (χ3v) is 2.54. The lowest BCUT2D eigenvalue weighted by molar-refractivity contribution is -0.137. The third kappa shape index (κ3) is 2.40. The molecule has 0 saturated heterocycles. The predicted octanol–water partition coefficient (Wildman–Crippen LogP) is 3.06. The molecule has 0 atom stereocenters. The second-order valence-corrected chi connectivity index (χ2v) is 3.70. The molecule has 1 N–H and O–H groups in total. The molecule has 1 fully saturated rings. The van der Waals surface area contributed by atoms with Gasteiger partial charge in [0.1, 0.15) is 5.82 Å². The Bertz CT molecular complexity index is 345. The number of hydrogen-bond donors (Lipinski definition) is 1. The molecule has 1 heterocycles. The molecule has 1 aliphatic carbocycles. The van der Waals surface area contributed by atoms with Gasteiger partial charge in [-0.2, -0.15) is 13.2 Å². The van der Waals surface area contributed by atoms with Crippen LogP contribution in [-0.2, 0) is 6.18 Å². The summed E-state index contributed by atoms with van der Waals surface area (Å²) >= 11 is 0. The SMILES string of the molecule is FC(F)(F)c1ccnc(NC2CCC2)c1. The monoisotopic (exact) mass is 216 g/mol. The van der Waals surface area contributed by atoms with Crippen molar-refractivity contribution in [3.63, 3.8) is 0 Å². The normalized spacial score (nSPS) is 17.3. The van der Waals surface area contributed by atoms with Crippen molar-refractivity contribution in [3.05, 3.63) is 23.9 Å². The van der Waals surface area contributed by atoms with Crippen LogP contribution >= 0.6 is 0 Å². The number of anilines is 1. The van der Waals surface area contributed by atoms with Crippen LogP contribution in [-0.4, -0.2) is 11.0 Å². The summed E-state index contributed by atoms with van der Waals surface area (Å²) in [6, 6.07) is 2.32. The zero-order valence-electron chi connectivity index (χ0n) is 8.01. The van der Waals surface area contributed by atoms with E-state index in [9.17, 15) is 13.2 Å². The van der Waals surface area contributed by atoms with Crippen molar-refractivity contribution in [2.45, 2.75) is 31.5 Å². The highest BCUT2D eigenvalue weighted by molar-refractivity contribution is 5.39. The summed E-state index contributed by atoms with van der Waals surface area (Å²) in [4.78, 5) is 3.86. The maximum Gasteiger partial charge on any atom is 0.416 e. The van der Waals surface area contributed by atoms with Crippen LogP contribution in [0.4, 0.5) is 19.0 Å². The highest BCUT2D eigenvalue weighted by Crippen LogP contribution is 2.30. The quantitative estimate of drug-likeness (QED) is 0.821. The van der Waals surface area contributed by atoms with Crippen LogP contribution in [0.15, 0.2) is 18.3 Å². The van der Waals surface area contributed by atoms with Crippen molar-refractivity contribution in [1.29, 1.82) is 0 Å². The molecule has 0 aliphatic heterocycles. The molecular weight excluding hydrogens is 205 g/mol. The molecule has 0 spiro atoms. The Morgan fingerprint density at radius 2 is 2.07 bits per heavy atom. The Hall–Kier alpha value is -1.26. The summed E-state index contributed by atoms with van der Waals surface area (Å²) in [7, 11) is 0. The van der Waals surface area contributed by atoms with Crippen molar-refractivity contribution in [1.82, 2.24) is 4.98 Å². The Kier molecular flexibility index (Phi) is 2.54. The fourth-order valence-corrected chi connectivity index (χ4v) is 1.45. The summed E-state index contributed by atoms with van der Waals surface area (Å²) in [5, 5.41) is 2.98. The van der Waals surface area contributed by atoms with E-state index in [0.717, 1.165) is 31.4 Å². The van der Waals surface area contributed by atoms with E-state index in [0.29, 0.717) is 11.9 Å². The Morgan fingerprint density at radius 3 is 2.60 bits per heavy atom. The predicted molar refractivity (Wildman–Crippen MR) is 50.5 cm³/mol. The molecule has 2 rings (SSSR count). The van der Waals surface area contributed by atoms with Crippen molar-refractivity contribution in [2.75, 3.05) is 5.32 Å². The van der Waals surface area contributed by atoms with E-state index in [2.05, 4.69) is 10.3 Å². The summed E-state index contributed by atoms with van der Waals surface area (Å²) in [5.41, 5.74) is -0.653. The molecule has 0 aromatic carbocycles. The first-order valence-corrected chi connectivity index (χ1v) is 4.85. The minimum Gasteiger partial charge on any atom is -0.367 e. The molecule has 15 heavy (non-hydrogen) atoms. The van der Waals surface area contributed by atoms with Crippen LogP contribution in [0, 0.1) is 0 Å². The average molecular weight is 216 g/mol. The first-order chi connectivity index (χ1) is 7.05. The summed E-state index contributed by atoms with van der Waals surface area (Å²) in [6.07, 6.45) is 0.0509. The molecular formula is C10H11F3N2. The lowest BCUT2D eigenvalue weighted by Crippen LogP contribution is -2.27. The molecule has 1 aromatic heterocycles. The number of halogens is 3. The number of pyridine rings is 1. The first kappa shape index (κ1) is 10.3. The molecule has 82 valence electrons. The van der Waals surface area contributed by atoms with E-state index >= 15 is 0 Å². The Morgan fingerprint density at radius 1 is 1.33 bits per heavy atom. The van der Waals surface area contributed by atoms with Crippen molar-refractivity contribution < 1.29 is 13.2 Å². The summed E-state index contributed by atoms with van der Waals surface area (Å²) in [5.74, 6) is 0.314. The van der Waals surface area contributed by atoms with Gasteiger partial charge in [0.05, 0.1) is 5.56 Å². The Labute approximate surface area is 85.5 Å². The van der Waals surface area contributed by atoms with Crippen molar-refractivity contribution in [2.24, 2.45) is 0 Å². The van der Waals surface area contributed by atoms with Gasteiger partial charge < -0.3 is 5.32 Å². The summed E-state index contributed by atoms with van der Waals surface area (Å²) in [6.45, 7) is 0. The molecule has 1 saturated carbocycles. The summed E-state index contributed by atoms with van der Waals surface area (Å²) < 4.78 is 37.0. The van der Waals surface area contributed by atoms with Gasteiger partial charge >= 0.3 is 6.18 Å². The fourth-order valence-electron chi connectivity index (χ4n) is 1.45. The highest BCUT2D eigenvalue weighted by atomic mass is 19.4. The van der Waals surface area contributed by atoms with Crippen LogP contribution in [0.2, 0.25) is 0 Å². The lowest BCUT2D eigenvalue weighted by atomic mass is 9.93. The number of nitrogens with one attached hydrogen (secondary N) is 1. The molecule has 1 aliphatic rings. The van der Waals surface area contributed by atoms with Crippen LogP contribution in [0.3, 0.4) is 0 Å². The van der Waals surface area contributed by atoms with E-state index in [1.807, 2.05) is 0 Å². The number of aromatic nitrogens is 1. The van der Waals surface area contributed by atoms with E-state index in [1.165, 1.54) is 6.20 Å². The molecule has 1 aromatic rings. The third-order valence-electron chi connectivity index (χ3n) is 2.54. The van der Waals surface area contributed by atoms with E-state index in [-0.39, 0.29) is 0 Å². The number of alkyl halides is 3. The number of rotatable bonds is 2. The van der Waals surface area contributed by atoms with Gasteiger partial charge in [-0.05, 0) is 31.4 Å². The van der Waals surface area contributed by atoms with E-state index in [1.54, 1.807) is 0 Å². The second kappa shape index (κ2) is 3.72. The van der Waals surface area contributed by atoms with Crippen LogP contribution in [0.1, 0.15) is 24.8 Å². The lowest BCUT2D eigenvalue weighted by Gasteiger charge is -2.27. The van der Waals surface area contributed by atoms with Crippen LogP contribution in [0.25, 0.3) is 0 Å². The zero-order chi connectivity index (χ0) is 10.9. The topological polar surface area (TPSA) is 24.9 Å². The Balaban J connectivity index is 2.11. The van der Waals surface area contributed by atoms with Gasteiger partial charge in [0.25, 0.3) is 0 Å². The number of nitrogens with zero attached hydrogens (tertiary/aromatic N) is 1. The van der Waals surface area contributed by atoms with Crippen molar-refractivity contribution in [3.8, 4) is 0 Å². The van der Waals surface area contributed by atoms with Gasteiger partial charge in [-0.15, -0.1) is 0 Å². The van der Waals surface area contributed by atoms with Crippen LogP contribution in [0.5, 0.6) is 0 Å². The molecule has 0 unspecified atom stereocenters. The number of hydrogen-bond acceptors (Lipinski definition) is 2. The molecule has 5 heteroatoms. The van der Waals surface area contributed by atoms with Gasteiger partial charge in [0, 0.05) is 12.2 Å². The molecule has 0 radical (unpaired) electrons. The van der Waals surface area contributed by atoms with E-state index in [4.69, 9.17) is 0 Å². The van der Waals surface area contributed by atoms with Gasteiger partial charge in [0.2, 0.25) is 0 Å². The minimum atomic E-state index is -4.29. The fraction of sp³-hybridized carbons (Fsp3) is 0.500. The van der Waals surface area contributed by atoms with Gasteiger partial charge in [-0.3, -0.25) is 0 Å². The maximum atomic E-state index is 12.3. The van der Waals surface area contributed by atoms with Gasteiger partial charge in [-0.25, -0.2) is 4.98 Å². The smallest absolute Gasteiger partial charge is 0.367 e. The van der Waals surface area contributed by atoms with Crippen LogP contribution < -0.4 is 5.32 Å². The standard InChI is InChI=1S/C10H11F3N2/c11-10(12,13)7-4-5-14-9(6-7)15-8-2-1-3-8/h4-6,8H,1-3H2,(H,14,15). The van der Waals surface area contributed by atoms with Gasteiger partial charge in [0.15, 0.2) is 0 Å². The van der Waals surface area contributed by atoms with E-state index < -0.39 is 11.7 Å². The van der Waals surface area contributed by atoms with Gasteiger partial charge in [-0.1, -0.05) is 0 Å². The maximum absolute atomic E-state index is 12.3. The zero-order valence-corrected chi connectivity index (χ0v) is 8.01. The largest absolute Gasteiger partial charge is 0.416 e. The molecule has 0 amide bonds.